The fraction of sp³-hybridized carbons (Fsp3) is 0. The summed E-state index contributed by atoms with van der Waals surface area (Å²) in [4.78, 5) is 53.5. The summed E-state index contributed by atoms with van der Waals surface area (Å²) in [5.74, 6) is -2.11. The molecule has 8 nitrogen and oxygen atoms in total. The Kier molecular flexibility index (Phi) is 4.10. The Morgan fingerprint density at radius 3 is 1.08 bits per heavy atom. The zero-order chi connectivity index (χ0) is 25.6. The monoisotopic (exact) mass is 506 g/mol. The number of fused-ring (bicyclic) bond motifs is 5. The van der Waals surface area contributed by atoms with Crippen molar-refractivity contribution in [2.24, 2.45) is 0 Å². The number of imide groups is 2. The van der Waals surface area contributed by atoms with E-state index in [1.807, 2.05) is 0 Å². The molecular formula is C28H14N2O6S. The zero-order valence-electron chi connectivity index (χ0n) is 18.8. The molecule has 0 N–H and O–H groups in total. The second-order valence-corrected chi connectivity index (χ2v) is 10.7. The van der Waals surface area contributed by atoms with Gasteiger partial charge < -0.3 is 0 Å². The van der Waals surface area contributed by atoms with Crippen molar-refractivity contribution < 1.29 is 27.6 Å². The van der Waals surface area contributed by atoms with Crippen LogP contribution in [0.5, 0.6) is 0 Å². The van der Waals surface area contributed by atoms with Gasteiger partial charge in [0.1, 0.15) is 0 Å². The van der Waals surface area contributed by atoms with Gasteiger partial charge in [-0.25, -0.2) is 18.2 Å². The van der Waals surface area contributed by atoms with E-state index in [1.54, 1.807) is 60.7 Å². The lowest BCUT2D eigenvalue weighted by Crippen LogP contribution is -2.29. The molecule has 3 aliphatic rings. The average molecular weight is 506 g/mol. The van der Waals surface area contributed by atoms with Gasteiger partial charge in [0.05, 0.1) is 43.4 Å². The molecule has 0 saturated carbocycles. The number of sulfone groups is 1. The summed E-state index contributed by atoms with van der Waals surface area (Å²) in [5, 5.41) is 0. The molecule has 7 rings (SSSR count). The third-order valence-corrected chi connectivity index (χ3v) is 8.74. The molecule has 4 amide bonds. The largest absolute Gasteiger partial charge is 0.268 e. The van der Waals surface area contributed by atoms with E-state index in [2.05, 4.69) is 0 Å². The average Bonchev–Trinajstić information content (AvgIpc) is 3.41. The van der Waals surface area contributed by atoms with Gasteiger partial charge in [-0.3, -0.25) is 19.2 Å². The standard InChI is InChI=1S/C28H14N2O6S/c31-25-19-5-1-2-6-20(19)26(32)29(25)15-9-11-17-18-12-10-16(14-24(18)37(35,36)23(17)13-15)30-27(33)21-7-3-4-8-22(21)28(30)34/h1-14H. The van der Waals surface area contributed by atoms with Crippen LogP contribution in [-0.2, 0) is 9.84 Å². The maximum Gasteiger partial charge on any atom is 0.266 e. The molecule has 4 aromatic carbocycles. The third kappa shape index (κ3) is 2.68. The van der Waals surface area contributed by atoms with Gasteiger partial charge in [-0.2, -0.15) is 0 Å². The smallest absolute Gasteiger partial charge is 0.266 e. The highest BCUT2D eigenvalue weighted by molar-refractivity contribution is 7.92. The number of carbonyl (C=O) groups is 4. The fourth-order valence-electron chi connectivity index (χ4n) is 5.16. The number of nitrogens with zero attached hydrogens (tertiary/aromatic N) is 2. The summed E-state index contributed by atoms with van der Waals surface area (Å²) >= 11 is 0. The molecule has 3 heterocycles. The first-order valence-electron chi connectivity index (χ1n) is 11.3. The third-order valence-electron chi connectivity index (χ3n) is 6.90. The molecule has 0 aliphatic carbocycles. The summed E-state index contributed by atoms with van der Waals surface area (Å²) < 4.78 is 27.2. The fourth-order valence-corrected chi connectivity index (χ4v) is 6.88. The first-order chi connectivity index (χ1) is 17.8. The van der Waals surface area contributed by atoms with Crippen LogP contribution >= 0.6 is 0 Å². The van der Waals surface area contributed by atoms with Gasteiger partial charge >= 0.3 is 0 Å². The van der Waals surface area contributed by atoms with Crippen LogP contribution in [0.3, 0.4) is 0 Å². The molecule has 0 atom stereocenters. The summed E-state index contributed by atoms with van der Waals surface area (Å²) in [7, 11) is -4.07. The predicted octanol–water partition coefficient (Wildman–Crippen LogP) is 4.10. The van der Waals surface area contributed by atoms with E-state index in [0.717, 1.165) is 9.80 Å². The SMILES string of the molecule is O=C1c2ccccc2C(=O)N1c1ccc2c(c1)S(=O)(=O)c1cc(N3C(=O)c4ccccc4C3=O)ccc1-2. The number of rotatable bonds is 2. The minimum Gasteiger partial charge on any atom is -0.268 e. The zero-order valence-corrected chi connectivity index (χ0v) is 19.7. The van der Waals surface area contributed by atoms with Crippen LogP contribution in [0.2, 0.25) is 0 Å². The molecule has 0 saturated heterocycles. The second-order valence-electron chi connectivity index (χ2n) is 8.85. The van der Waals surface area contributed by atoms with Gasteiger partial charge in [0, 0.05) is 11.1 Å². The van der Waals surface area contributed by atoms with Gasteiger partial charge in [0.15, 0.2) is 0 Å². The van der Waals surface area contributed by atoms with Crippen molar-refractivity contribution in [1.29, 1.82) is 0 Å². The first-order valence-corrected chi connectivity index (χ1v) is 12.8. The van der Waals surface area contributed by atoms with Crippen LogP contribution in [-0.4, -0.2) is 32.0 Å². The molecule has 4 aromatic rings. The van der Waals surface area contributed by atoms with E-state index in [1.165, 1.54) is 24.3 Å². The molecular weight excluding hydrogens is 492 g/mol. The van der Waals surface area contributed by atoms with Crippen LogP contribution in [0.4, 0.5) is 11.4 Å². The summed E-state index contributed by atoms with van der Waals surface area (Å²) in [5.41, 5.74) is 2.11. The Bertz CT molecular complexity index is 1690. The van der Waals surface area contributed by atoms with Crippen LogP contribution in [0.25, 0.3) is 11.1 Å². The van der Waals surface area contributed by atoms with Gasteiger partial charge in [0.2, 0.25) is 9.84 Å². The van der Waals surface area contributed by atoms with Crippen molar-refractivity contribution in [3.63, 3.8) is 0 Å². The Hall–Kier alpha value is -4.89. The maximum absolute atomic E-state index is 13.6. The van der Waals surface area contributed by atoms with Crippen LogP contribution in [0, 0.1) is 0 Å². The van der Waals surface area contributed by atoms with E-state index in [-0.39, 0.29) is 43.4 Å². The quantitative estimate of drug-likeness (QED) is 0.334. The Morgan fingerprint density at radius 2 is 0.757 bits per heavy atom. The van der Waals surface area contributed by atoms with E-state index in [0.29, 0.717) is 11.1 Å². The van der Waals surface area contributed by atoms with Crippen molar-refractivity contribution in [1.82, 2.24) is 0 Å². The van der Waals surface area contributed by atoms with Crippen molar-refractivity contribution in [3.8, 4) is 11.1 Å². The minimum atomic E-state index is -4.07. The highest BCUT2D eigenvalue weighted by Gasteiger charge is 2.41. The lowest BCUT2D eigenvalue weighted by molar-refractivity contribution is 0.0910. The van der Waals surface area contributed by atoms with Crippen molar-refractivity contribution in [3.05, 3.63) is 107 Å². The molecule has 0 spiro atoms. The lowest BCUT2D eigenvalue weighted by atomic mass is 10.0. The molecule has 178 valence electrons. The molecule has 0 radical (unpaired) electrons. The van der Waals surface area contributed by atoms with Crippen molar-refractivity contribution >= 4 is 44.8 Å². The highest BCUT2D eigenvalue weighted by Crippen LogP contribution is 2.47. The number of hydrogen-bond acceptors (Lipinski definition) is 6. The number of hydrogen-bond donors (Lipinski definition) is 0. The summed E-state index contributed by atoms with van der Waals surface area (Å²) in [6.07, 6.45) is 0. The Morgan fingerprint density at radius 1 is 0.432 bits per heavy atom. The highest BCUT2D eigenvalue weighted by atomic mass is 32.2. The Balaban J connectivity index is 1.30. The van der Waals surface area contributed by atoms with E-state index in [9.17, 15) is 27.6 Å². The Labute approximate surface area is 210 Å². The molecule has 37 heavy (non-hydrogen) atoms. The van der Waals surface area contributed by atoms with Crippen molar-refractivity contribution in [2.75, 3.05) is 9.80 Å². The molecule has 9 heteroatoms. The second kappa shape index (κ2) is 7.08. The predicted molar refractivity (Wildman–Crippen MR) is 132 cm³/mol. The number of amides is 4. The van der Waals surface area contributed by atoms with E-state index >= 15 is 0 Å². The van der Waals surface area contributed by atoms with Gasteiger partial charge in [-0.15, -0.1) is 0 Å². The van der Waals surface area contributed by atoms with Crippen LogP contribution in [0.15, 0.2) is 94.7 Å². The minimum absolute atomic E-state index is 0.0592. The van der Waals surface area contributed by atoms with Crippen molar-refractivity contribution in [2.45, 2.75) is 9.79 Å². The summed E-state index contributed by atoms with van der Waals surface area (Å²) in [6.45, 7) is 0. The van der Waals surface area contributed by atoms with Gasteiger partial charge in [-0.1, -0.05) is 36.4 Å². The van der Waals surface area contributed by atoms with Gasteiger partial charge in [-0.05, 0) is 48.5 Å². The van der Waals surface area contributed by atoms with Crippen LogP contribution < -0.4 is 9.80 Å². The molecule has 0 aromatic heterocycles. The number of anilines is 2. The normalized spacial score (nSPS) is 16.6. The lowest BCUT2D eigenvalue weighted by Gasteiger charge is -2.15. The maximum atomic E-state index is 13.6. The topological polar surface area (TPSA) is 109 Å². The molecule has 0 unspecified atom stereocenters. The van der Waals surface area contributed by atoms with Gasteiger partial charge in [0.25, 0.3) is 23.6 Å². The molecule has 3 aliphatic heterocycles. The van der Waals surface area contributed by atoms with E-state index in [4.69, 9.17) is 0 Å². The number of carbonyl (C=O) groups excluding carboxylic acids is 4. The van der Waals surface area contributed by atoms with E-state index < -0.39 is 33.5 Å². The summed E-state index contributed by atoms with van der Waals surface area (Å²) in [6, 6.07) is 21.6. The molecule has 0 bridgehead atoms. The van der Waals surface area contributed by atoms with Crippen LogP contribution in [0.1, 0.15) is 41.4 Å². The number of benzene rings is 4. The first kappa shape index (κ1) is 21.4. The molecule has 0 fully saturated rings.